The minimum atomic E-state index is -3.70. The molecule has 0 bridgehead atoms. The van der Waals surface area contributed by atoms with Crippen molar-refractivity contribution >= 4 is 16.2 Å². The molecular formula is C14H19FN2O4S. The lowest BCUT2D eigenvalue weighted by atomic mass is 10.2. The molecule has 6 nitrogen and oxygen atoms in total. The van der Waals surface area contributed by atoms with E-state index in [1.165, 1.54) is 28.6 Å². The Balaban J connectivity index is 2.17. The van der Waals surface area contributed by atoms with Gasteiger partial charge in [-0.05, 0) is 30.5 Å². The first kappa shape index (κ1) is 16.9. The predicted octanol–water partition coefficient (Wildman–Crippen LogP) is 1.44. The maximum atomic E-state index is 12.9. The van der Waals surface area contributed by atoms with Crippen LogP contribution in [0.3, 0.4) is 0 Å². The monoisotopic (exact) mass is 330 g/mol. The minimum Gasteiger partial charge on any atom is -0.481 e. The molecule has 1 aliphatic heterocycles. The molecule has 0 aromatic heterocycles. The van der Waals surface area contributed by atoms with Crippen LogP contribution in [0.1, 0.15) is 24.8 Å². The van der Waals surface area contributed by atoms with Gasteiger partial charge in [0.05, 0.1) is 6.42 Å². The summed E-state index contributed by atoms with van der Waals surface area (Å²) in [6, 6.07) is 5.52. The van der Waals surface area contributed by atoms with E-state index >= 15 is 0 Å². The van der Waals surface area contributed by atoms with Crippen molar-refractivity contribution in [2.75, 3.05) is 19.6 Å². The fourth-order valence-corrected chi connectivity index (χ4v) is 4.05. The van der Waals surface area contributed by atoms with Crippen LogP contribution in [-0.2, 0) is 21.5 Å². The highest BCUT2D eigenvalue weighted by Crippen LogP contribution is 2.19. The fourth-order valence-electron chi connectivity index (χ4n) is 2.37. The zero-order chi connectivity index (χ0) is 16.2. The van der Waals surface area contributed by atoms with E-state index in [0.29, 0.717) is 18.7 Å². The first-order valence-electron chi connectivity index (χ1n) is 7.11. The summed E-state index contributed by atoms with van der Waals surface area (Å²) >= 11 is 0. The first-order valence-corrected chi connectivity index (χ1v) is 8.51. The van der Waals surface area contributed by atoms with E-state index in [4.69, 9.17) is 5.11 Å². The fraction of sp³-hybridized carbons (Fsp3) is 0.500. The van der Waals surface area contributed by atoms with Gasteiger partial charge in [-0.1, -0.05) is 12.1 Å². The molecule has 0 atom stereocenters. The maximum Gasteiger partial charge on any atom is 0.304 e. The molecule has 1 N–H and O–H groups in total. The predicted molar refractivity (Wildman–Crippen MR) is 78.8 cm³/mol. The van der Waals surface area contributed by atoms with Crippen molar-refractivity contribution < 1.29 is 22.7 Å². The van der Waals surface area contributed by atoms with Crippen molar-refractivity contribution in [2.45, 2.75) is 25.8 Å². The number of rotatable bonds is 7. The van der Waals surface area contributed by atoms with Gasteiger partial charge in [0, 0.05) is 26.2 Å². The molecule has 2 rings (SSSR count). The highest BCUT2D eigenvalue weighted by molar-refractivity contribution is 7.86. The van der Waals surface area contributed by atoms with E-state index in [1.807, 2.05) is 0 Å². The van der Waals surface area contributed by atoms with Crippen LogP contribution in [0.5, 0.6) is 0 Å². The third-order valence-corrected chi connectivity index (χ3v) is 5.55. The largest absolute Gasteiger partial charge is 0.481 e. The van der Waals surface area contributed by atoms with Crippen LogP contribution in [-0.4, -0.2) is 47.7 Å². The molecule has 1 aromatic rings. The third-order valence-electron chi connectivity index (χ3n) is 3.56. The lowest BCUT2D eigenvalue weighted by Crippen LogP contribution is -2.43. The van der Waals surface area contributed by atoms with Gasteiger partial charge in [0.1, 0.15) is 5.82 Å². The van der Waals surface area contributed by atoms with Crippen LogP contribution >= 0.6 is 0 Å². The molecule has 1 saturated heterocycles. The zero-order valence-corrected chi connectivity index (χ0v) is 12.9. The summed E-state index contributed by atoms with van der Waals surface area (Å²) in [5.41, 5.74) is 0.620. The van der Waals surface area contributed by atoms with E-state index in [1.54, 1.807) is 0 Å². The smallest absolute Gasteiger partial charge is 0.304 e. The normalized spacial score (nSPS) is 16.3. The molecule has 0 saturated carbocycles. The second-order valence-corrected chi connectivity index (χ2v) is 7.15. The van der Waals surface area contributed by atoms with E-state index in [0.717, 1.165) is 17.1 Å². The number of carbonyl (C=O) groups is 1. The SMILES string of the molecule is O=C(O)CCN(Cc1ccc(F)cc1)S(=O)(=O)N1CCCC1. The lowest BCUT2D eigenvalue weighted by Gasteiger charge is -2.26. The summed E-state index contributed by atoms with van der Waals surface area (Å²) in [6.07, 6.45) is 1.35. The summed E-state index contributed by atoms with van der Waals surface area (Å²) in [4.78, 5) is 10.8. The number of aliphatic carboxylic acids is 1. The van der Waals surface area contributed by atoms with Gasteiger partial charge in [0.2, 0.25) is 0 Å². The van der Waals surface area contributed by atoms with Crippen LogP contribution in [0.2, 0.25) is 0 Å². The van der Waals surface area contributed by atoms with Crippen molar-refractivity contribution in [1.82, 2.24) is 8.61 Å². The van der Waals surface area contributed by atoms with Crippen LogP contribution in [0.15, 0.2) is 24.3 Å². The quantitative estimate of drug-likeness (QED) is 0.821. The topological polar surface area (TPSA) is 77.9 Å². The van der Waals surface area contributed by atoms with Gasteiger partial charge in [0.25, 0.3) is 10.2 Å². The Morgan fingerprint density at radius 2 is 1.82 bits per heavy atom. The summed E-state index contributed by atoms with van der Waals surface area (Å²) in [5.74, 6) is -1.45. The van der Waals surface area contributed by atoms with Crippen LogP contribution in [0.4, 0.5) is 4.39 Å². The molecule has 0 radical (unpaired) electrons. The van der Waals surface area contributed by atoms with E-state index < -0.39 is 22.0 Å². The molecular weight excluding hydrogens is 311 g/mol. The van der Waals surface area contributed by atoms with Gasteiger partial charge in [0.15, 0.2) is 0 Å². The number of carboxylic acids is 1. The average Bonchev–Trinajstić information content (AvgIpc) is 3.00. The molecule has 8 heteroatoms. The van der Waals surface area contributed by atoms with E-state index in [2.05, 4.69) is 0 Å². The second-order valence-electron chi connectivity index (χ2n) is 5.22. The average molecular weight is 330 g/mol. The van der Waals surface area contributed by atoms with Crippen molar-refractivity contribution in [3.05, 3.63) is 35.6 Å². The molecule has 0 amide bonds. The Morgan fingerprint density at radius 1 is 1.23 bits per heavy atom. The van der Waals surface area contributed by atoms with Crippen molar-refractivity contribution in [3.63, 3.8) is 0 Å². The molecule has 1 aliphatic rings. The highest BCUT2D eigenvalue weighted by atomic mass is 32.2. The summed E-state index contributed by atoms with van der Waals surface area (Å²) in [6.45, 7) is 0.836. The molecule has 1 heterocycles. The Hall–Kier alpha value is -1.51. The van der Waals surface area contributed by atoms with Crippen LogP contribution in [0, 0.1) is 5.82 Å². The maximum absolute atomic E-state index is 12.9. The summed E-state index contributed by atoms with van der Waals surface area (Å²) in [5, 5.41) is 8.81. The number of hydrogen-bond acceptors (Lipinski definition) is 3. The molecule has 1 aromatic carbocycles. The summed E-state index contributed by atoms with van der Waals surface area (Å²) < 4.78 is 40.7. The minimum absolute atomic E-state index is 0.0341. The van der Waals surface area contributed by atoms with E-state index in [9.17, 15) is 17.6 Å². The molecule has 0 unspecified atom stereocenters. The molecule has 0 spiro atoms. The highest BCUT2D eigenvalue weighted by Gasteiger charge is 2.31. The molecule has 22 heavy (non-hydrogen) atoms. The van der Waals surface area contributed by atoms with Crippen LogP contribution in [0.25, 0.3) is 0 Å². The number of nitrogens with zero attached hydrogens (tertiary/aromatic N) is 2. The number of hydrogen-bond donors (Lipinski definition) is 1. The Labute approximate surface area is 129 Å². The molecule has 0 aliphatic carbocycles. The number of halogens is 1. The van der Waals surface area contributed by atoms with Gasteiger partial charge < -0.3 is 5.11 Å². The van der Waals surface area contributed by atoms with Gasteiger partial charge in [-0.25, -0.2) is 4.39 Å². The number of benzene rings is 1. The second kappa shape index (κ2) is 7.17. The Bertz CT molecular complexity index is 612. The third kappa shape index (κ3) is 4.25. The standard InChI is InChI=1S/C14H19FN2O4S/c15-13-5-3-12(4-6-13)11-17(10-7-14(18)19)22(20,21)16-8-1-2-9-16/h3-6H,1-2,7-11H2,(H,18,19). The Morgan fingerprint density at radius 3 is 2.36 bits per heavy atom. The molecule has 122 valence electrons. The van der Waals surface area contributed by atoms with Crippen molar-refractivity contribution in [3.8, 4) is 0 Å². The van der Waals surface area contributed by atoms with Crippen molar-refractivity contribution in [1.29, 1.82) is 0 Å². The molecule has 1 fully saturated rings. The summed E-state index contributed by atoms with van der Waals surface area (Å²) in [7, 11) is -3.70. The van der Waals surface area contributed by atoms with Crippen LogP contribution < -0.4 is 0 Å². The van der Waals surface area contributed by atoms with Gasteiger partial charge >= 0.3 is 5.97 Å². The lowest BCUT2D eigenvalue weighted by molar-refractivity contribution is -0.137. The van der Waals surface area contributed by atoms with Gasteiger partial charge in [-0.3, -0.25) is 4.79 Å². The van der Waals surface area contributed by atoms with Gasteiger partial charge in [-0.2, -0.15) is 17.0 Å². The first-order chi connectivity index (χ1) is 10.4. The zero-order valence-electron chi connectivity index (χ0n) is 12.1. The van der Waals surface area contributed by atoms with Crippen molar-refractivity contribution in [2.24, 2.45) is 0 Å². The Kier molecular flexibility index (Phi) is 5.49. The van der Waals surface area contributed by atoms with Gasteiger partial charge in [-0.15, -0.1) is 0 Å². The number of carboxylic acid groups (broad SMARTS) is 1. The van der Waals surface area contributed by atoms with E-state index in [-0.39, 0.29) is 19.5 Å².